The predicted octanol–water partition coefficient (Wildman–Crippen LogP) is 25.2. The lowest BCUT2D eigenvalue weighted by atomic mass is 10.0. The van der Waals surface area contributed by atoms with Gasteiger partial charge in [0, 0.05) is 12.8 Å². The van der Waals surface area contributed by atoms with E-state index in [-0.39, 0.29) is 32.0 Å². The quantitative estimate of drug-likeness (QED) is 0.0195. The second-order valence-corrected chi connectivity index (χ2v) is 29.5. The number of phosphoric ester groups is 1. The molecular formula is C79H152NO8P. The summed E-state index contributed by atoms with van der Waals surface area (Å²) < 4.78 is 34.4. The molecule has 2 unspecified atom stereocenters. The number of likely N-dealkylation sites (N-methyl/N-ethyl adjacent to an activating group) is 1. The Bertz CT molecular complexity index is 1590. The number of hydrogen-bond donors (Lipinski definition) is 0. The number of quaternary nitrogens is 1. The van der Waals surface area contributed by atoms with Crippen molar-refractivity contribution in [2.75, 3.05) is 47.5 Å². The first-order valence-corrected chi connectivity index (χ1v) is 40.7. The highest BCUT2D eigenvalue weighted by molar-refractivity contribution is 7.45. The summed E-state index contributed by atoms with van der Waals surface area (Å²) in [5.74, 6) is -0.811. The van der Waals surface area contributed by atoms with Crippen LogP contribution in [0, 0.1) is 0 Å². The van der Waals surface area contributed by atoms with Gasteiger partial charge in [-0.1, -0.05) is 378 Å². The van der Waals surface area contributed by atoms with Gasteiger partial charge in [0.05, 0.1) is 27.7 Å². The molecule has 0 radical (unpaired) electrons. The molecule has 0 aliphatic heterocycles. The first kappa shape index (κ1) is 87.2. The number of hydrogen-bond acceptors (Lipinski definition) is 8. The first-order chi connectivity index (χ1) is 43.5. The third kappa shape index (κ3) is 75.1. The Kier molecular flexibility index (Phi) is 69.1. The zero-order valence-corrected chi connectivity index (χ0v) is 61.1. The van der Waals surface area contributed by atoms with Crippen molar-refractivity contribution in [2.24, 2.45) is 0 Å². The minimum absolute atomic E-state index is 0.0284. The summed E-state index contributed by atoms with van der Waals surface area (Å²) in [6, 6.07) is 0. The molecular weight excluding hydrogens is 1120 g/mol. The van der Waals surface area contributed by atoms with Crippen molar-refractivity contribution in [3.8, 4) is 0 Å². The Labute approximate surface area is 554 Å². The fourth-order valence-corrected chi connectivity index (χ4v) is 12.6. The summed E-state index contributed by atoms with van der Waals surface area (Å²) in [7, 11) is 1.19. The average Bonchev–Trinajstić information content (AvgIpc) is 3.60. The van der Waals surface area contributed by atoms with E-state index in [0.29, 0.717) is 17.4 Å². The molecule has 10 heteroatoms. The van der Waals surface area contributed by atoms with Crippen molar-refractivity contribution < 1.29 is 42.1 Å². The molecule has 0 N–H and O–H groups in total. The van der Waals surface area contributed by atoms with Gasteiger partial charge in [-0.3, -0.25) is 14.2 Å². The number of phosphoric acid groups is 1. The first-order valence-electron chi connectivity index (χ1n) is 39.2. The second-order valence-electron chi connectivity index (χ2n) is 28.1. The summed E-state index contributed by atoms with van der Waals surface area (Å²) >= 11 is 0. The van der Waals surface area contributed by atoms with E-state index >= 15 is 0 Å². The minimum Gasteiger partial charge on any atom is -0.756 e. The topological polar surface area (TPSA) is 111 Å². The van der Waals surface area contributed by atoms with Crippen LogP contribution in [0.1, 0.15) is 406 Å². The van der Waals surface area contributed by atoms with Gasteiger partial charge in [-0.15, -0.1) is 0 Å². The molecule has 0 bridgehead atoms. The number of carbonyl (C=O) groups is 2. The molecule has 0 aromatic rings. The van der Waals surface area contributed by atoms with Crippen molar-refractivity contribution in [2.45, 2.75) is 412 Å². The molecule has 526 valence electrons. The van der Waals surface area contributed by atoms with Crippen LogP contribution in [0.4, 0.5) is 0 Å². The van der Waals surface area contributed by atoms with Gasteiger partial charge in [0.25, 0.3) is 7.82 Å². The highest BCUT2D eigenvalue weighted by Crippen LogP contribution is 2.38. The van der Waals surface area contributed by atoms with E-state index < -0.39 is 26.5 Å². The van der Waals surface area contributed by atoms with E-state index in [1.54, 1.807) is 0 Å². The minimum atomic E-state index is -4.64. The van der Waals surface area contributed by atoms with Crippen molar-refractivity contribution in [3.63, 3.8) is 0 Å². The summed E-state index contributed by atoms with van der Waals surface area (Å²) in [6.07, 6.45) is 91.2. The van der Waals surface area contributed by atoms with Crippen LogP contribution >= 0.6 is 7.82 Å². The fraction of sp³-hybridized carbons (Fsp3) is 0.899. The van der Waals surface area contributed by atoms with Gasteiger partial charge in [-0.2, -0.15) is 0 Å². The number of rotatable bonds is 74. The Balaban J connectivity index is 3.92. The smallest absolute Gasteiger partial charge is 0.306 e. The molecule has 89 heavy (non-hydrogen) atoms. The average molecular weight is 1280 g/mol. The highest BCUT2D eigenvalue weighted by Gasteiger charge is 2.22. The summed E-state index contributed by atoms with van der Waals surface area (Å²) in [4.78, 5) is 38.1. The maximum Gasteiger partial charge on any atom is 0.306 e. The Morgan fingerprint density at radius 3 is 0.899 bits per heavy atom. The van der Waals surface area contributed by atoms with E-state index in [1.165, 1.54) is 321 Å². The SMILES string of the molecule is CCCCCCC/C=C\C/C=C\C/C=C\CCCCCCCCCCCCCCCCC(=O)OC(COC(=O)CCCCCCCCCCCCCCCCCCCCCCCCCCCCCCCCCCCCCC)COP(=O)([O-])OCC[N+](C)(C)C. The van der Waals surface area contributed by atoms with Crippen molar-refractivity contribution >= 4 is 19.8 Å². The number of nitrogens with zero attached hydrogens (tertiary/aromatic N) is 1. The number of unbranched alkanes of at least 4 members (excludes halogenated alkanes) is 54. The largest absolute Gasteiger partial charge is 0.756 e. The predicted molar refractivity (Wildman–Crippen MR) is 384 cm³/mol. The number of ether oxygens (including phenoxy) is 2. The third-order valence-electron chi connectivity index (χ3n) is 17.9. The van der Waals surface area contributed by atoms with Gasteiger partial charge in [0.2, 0.25) is 0 Å². The summed E-state index contributed by atoms with van der Waals surface area (Å²) in [6.45, 7) is 4.31. The highest BCUT2D eigenvalue weighted by atomic mass is 31.2. The van der Waals surface area contributed by atoms with Gasteiger partial charge in [0.15, 0.2) is 6.10 Å². The van der Waals surface area contributed by atoms with E-state index in [4.69, 9.17) is 18.5 Å². The molecule has 0 heterocycles. The molecule has 0 rings (SSSR count). The van der Waals surface area contributed by atoms with Crippen molar-refractivity contribution in [1.82, 2.24) is 0 Å². The number of allylic oxidation sites excluding steroid dienone is 6. The second kappa shape index (κ2) is 70.5. The molecule has 2 atom stereocenters. The molecule has 0 aromatic heterocycles. The molecule has 0 amide bonds. The van der Waals surface area contributed by atoms with Crippen LogP contribution in [-0.4, -0.2) is 70.0 Å². The number of carbonyl (C=O) groups excluding carboxylic acids is 2. The van der Waals surface area contributed by atoms with Crippen LogP contribution in [0.15, 0.2) is 36.5 Å². The van der Waals surface area contributed by atoms with Crippen LogP contribution in [0.3, 0.4) is 0 Å². The van der Waals surface area contributed by atoms with E-state index in [1.807, 2.05) is 21.1 Å². The summed E-state index contributed by atoms with van der Waals surface area (Å²) in [5.41, 5.74) is 0. The molecule has 0 aliphatic carbocycles. The molecule has 0 saturated carbocycles. The van der Waals surface area contributed by atoms with Gasteiger partial charge in [0.1, 0.15) is 19.8 Å². The molecule has 0 spiro atoms. The number of esters is 2. The third-order valence-corrected chi connectivity index (χ3v) is 18.9. The fourth-order valence-electron chi connectivity index (χ4n) is 11.9. The normalized spacial score (nSPS) is 13.2. The molecule has 0 aromatic carbocycles. The van der Waals surface area contributed by atoms with Gasteiger partial charge in [-0.25, -0.2) is 0 Å². The lowest BCUT2D eigenvalue weighted by Gasteiger charge is -2.28. The van der Waals surface area contributed by atoms with Crippen LogP contribution in [0.5, 0.6) is 0 Å². The van der Waals surface area contributed by atoms with Gasteiger partial charge in [-0.05, 0) is 51.4 Å². The summed E-state index contributed by atoms with van der Waals surface area (Å²) in [5, 5.41) is 0. The molecule has 0 fully saturated rings. The van der Waals surface area contributed by atoms with E-state index in [9.17, 15) is 19.0 Å². The van der Waals surface area contributed by atoms with Crippen molar-refractivity contribution in [3.05, 3.63) is 36.5 Å². The van der Waals surface area contributed by atoms with E-state index in [2.05, 4.69) is 50.3 Å². The van der Waals surface area contributed by atoms with Crippen LogP contribution in [-0.2, 0) is 32.7 Å². The Morgan fingerprint density at radius 1 is 0.348 bits per heavy atom. The molecule has 0 aliphatic rings. The molecule has 0 saturated heterocycles. The zero-order chi connectivity index (χ0) is 64.8. The Morgan fingerprint density at radius 2 is 0.607 bits per heavy atom. The van der Waals surface area contributed by atoms with Gasteiger partial charge >= 0.3 is 11.9 Å². The standard InChI is InChI=1S/C79H152NO8P/c1-6-8-10-12-14-16-18-20-22-24-26-28-30-32-34-36-37-38-39-40-41-42-44-45-47-49-51-53-55-57-59-61-63-65-67-69-71-78(81)85-75-77(76-87-89(83,84)86-74-73-80(3,4)5)88-79(82)72-70-68-66-64-62-60-58-56-54-52-50-48-46-43-35-33-31-29-27-25-23-21-19-17-15-13-11-9-7-2/h19,21,25,27,31,33,77H,6-18,20,22-24,26,28-30,32,34-76H2,1-5H3/b21-19-,27-25-,33-31-. The zero-order valence-electron chi connectivity index (χ0n) is 60.2. The maximum absolute atomic E-state index is 12.9. The Hall–Kier alpha value is -1.77. The van der Waals surface area contributed by atoms with Crippen molar-refractivity contribution in [1.29, 1.82) is 0 Å². The van der Waals surface area contributed by atoms with Crippen LogP contribution < -0.4 is 4.89 Å². The maximum atomic E-state index is 12.9. The van der Waals surface area contributed by atoms with E-state index in [0.717, 1.165) is 51.4 Å². The monoisotopic (exact) mass is 1270 g/mol. The lowest BCUT2D eigenvalue weighted by molar-refractivity contribution is -0.870. The van der Waals surface area contributed by atoms with Crippen LogP contribution in [0.25, 0.3) is 0 Å². The molecule has 9 nitrogen and oxygen atoms in total. The van der Waals surface area contributed by atoms with Gasteiger partial charge < -0.3 is 27.9 Å². The lowest BCUT2D eigenvalue weighted by Crippen LogP contribution is -2.37. The van der Waals surface area contributed by atoms with Crippen LogP contribution in [0.2, 0.25) is 0 Å².